The minimum absolute atomic E-state index is 0.0682. The summed E-state index contributed by atoms with van der Waals surface area (Å²) < 4.78 is 39.0. The lowest BCUT2D eigenvalue weighted by molar-refractivity contribution is -0.137. The molecule has 2 atom stereocenters. The number of aryl methyl sites for hydroxylation is 1. The van der Waals surface area contributed by atoms with Crippen LogP contribution in [0.3, 0.4) is 0 Å². The van der Waals surface area contributed by atoms with Crippen LogP contribution in [0.15, 0.2) is 18.2 Å². The topological polar surface area (TPSA) is 72.7 Å². The van der Waals surface area contributed by atoms with Gasteiger partial charge in [0.25, 0.3) is 0 Å². The molecular formula is C21H25F3N4O2. The highest BCUT2D eigenvalue weighted by molar-refractivity contribution is 5.73. The van der Waals surface area contributed by atoms with Crippen molar-refractivity contribution >= 4 is 5.82 Å². The number of hydrogen-bond acceptors (Lipinski definition) is 6. The Balaban J connectivity index is 1.65. The number of anilines is 1. The van der Waals surface area contributed by atoms with Gasteiger partial charge in [-0.2, -0.15) is 13.2 Å². The molecule has 0 aliphatic carbocycles. The van der Waals surface area contributed by atoms with Crippen LogP contribution in [0.25, 0.3) is 11.3 Å². The molecule has 0 radical (unpaired) electrons. The first kappa shape index (κ1) is 20.9. The van der Waals surface area contributed by atoms with E-state index in [9.17, 15) is 23.4 Å². The Labute approximate surface area is 173 Å². The van der Waals surface area contributed by atoms with Crippen molar-refractivity contribution in [2.45, 2.75) is 45.0 Å². The van der Waals surface area contributed by atoms with Crippen LogP contribution in [0.5, 0.6) is 5.75 Å². The number of phenolic OH excluding ortho intramolecular Hbond substituents is 1. The molecule has 30 heavy (non-hydrogen) atoms. The van der Waals surface area contributed by atoms with Crippen LogP contribution in [-0.4, -0.2) is 63.6 Å². The molecule has 0 amide bonds. The number of phenols is 1. The number of aliphatic hydroxyl groups is 1. The number of aromatic nitrogens is 2. The number of nitrogens with zero attached hydrogens (tertiary/aromatic N) is 4. The Hall–Kier alpha value is -2.39. The first-order valence-electron chi connectivity index (χ1n) is 10.1. The highest BCUT2D eigenvalue weighted by Gasteiger charge is 2.37. The van der Waals surface area contributed by atoms with Crippen molar-refractivity contribution in [1.29, 1.82) is 0 Å². The van der Waals surface area contributed by atoms with Crippen molar-refractivity contribution in [2.24, 2.45) is 0 Å². The number of fused-ring (bicyclic) bond motifs is 1. The first-order valence-corrected chi connectivity index (χ1v) is 10.1. The van der Waals surface area contributed by atoms with Crippen LogP contribution in [0.2, 0.25) is 0 Å². The highest BCUT2D eigenvalue weighted by Crippen LogP contribution is 2.40. The molecule has 2 aliphatic heterocycles. The fourth-order valence-electron chi connectivity index (χ4n) is 4.49. The maximum Gasteiger partial charge on any atom is 0.416 e. The van der Waals surface area contributed by atoms with Gasteiger partial charge in [0.15, 0.2) is 5.82 Å². The first-order chi connectivity index (χ1) is 14.2. The van der Waals surface area contributed by atoms with Gasteiger partial charge >= 0.3 is 6.18 Å². The SMILES string of the molecule is CCN1CC[C@@H](O)[C@@H](N2CCc3cc(-c4c(C)cc(C(F)(F)F)cc4O)nnc32)C1. The summed E-state index contributed by atoms with van der Waals surface area (Å²) in [4.78, 5) is 4.37. The lowest BCUT2D eigenvalue weighted by Crippen LogP contribution is -2.55. The van der Waals surface area contributed by atoms with E-state index in [1.807, 2.05) is 0 Å². The van der Waals surface area contributed by atoms with Gasteiger partial charge < -0.3 is 20.0 Å². The summed E-state index contributed by atoms with van der Waals surface area (Å²) in [7, 11) is 0. The molecule has 3 heterocycles. The molecule has 0 saturated carbocycles. The van der Waals surface area contributed by atoms with Crippen LogP contribution in [0.4, 0.5) is 19.0 Å². The van der Waals surface area contributed by atoms with Gasteiger partial charge in [0.1, 0.15) is 5.75 Å². The number of likely N-dealkylation sites (N-methyl/N-ethyl adjacent to an activating group) is 1. The van der Waals surface area contributed by atoms with Crippen LogP contribution < -0.4 is 4.90 Å². The van der Waals surface area contributed by atoms with E-state index < -0.39 is 23.6 Å². The zero-order valence-corrected chi connectivity index (χ0v) is 16.9. The second-order valence-corrected chi connectivity index (χ2v) is 8.02. The Morgan fingerprint density at radius 2 is 1.93 bits per heavy atom. The van der Waals surface area contributed by atoms with E-state index in [0.29, 0.717) is 30.9 Å². The summed E-state index contributed by atoms with van der Waals surface area (Å²) >= 11 is 0. The summed E-state index contributed by atoms with van der Waals surface area (Å²) in [5.41, 5.74) is 0.908. The third-order valence-corrected chi connectivity index (χ3v) is 6.12. The third kappa shape index (κ3) is 3.72. The van der Waals surface area contributed by atoms with Gasteiger partial charge in [0, 0.05) is 30.8 Å². The Morgan fingerprint density at radius 1 is 1.17 bits per heavy atom. The second-order valence-electron chi connectivity index (χ2n) is 8.02. The molecule has 1 aromatic carbocycles. The zero-order valence-electron chi connectivity index (χ0n) is 16.9. The van der Waals surface area contributed by atoms with Gasteiger partial charge in [-0.3, -0.25) is 0 Å². The summed E-state index contributed by atoms with van der Waals surface area (Å²) in [6, 6.07) is 3.45. The van der Waals surface area contributed by atoms with Gasteiger partial charge in [0.2, 0.25) is 0 Å². The molecule has 0 spiro atoms. The van der Waals surface area contributed by atoms with Gasteiger partial charge in [-0.25, -0.2) is 0 Å². The van der Waals surface area contributed by atoms with E-state index in [4.69, 9.17) is 0 Å². The lowest BCUT2D eigenvalue weighted by Gasteiger charge is -2.41. The van der Waals surface area contributed by atoms with Crippen molar-refractivity contribution < 1.29 is 23.4 Å². The number of piperidine rings is 1. The fourth-order valence-corrected chi connectivity index (χ4v) is 4.49. The molecular weight excluding hydrogens is 397 g/mol. The molecule has 1 aromatic heterocycles. The molecule has 0 bridgehead atoms. The molecule has 2 aromatic rings. The van der Waals surface area contributed by atoms with Crippen LogP contribution in [-0.2, 0) is 12.6 Å². The number of benzene rings is 1. The summed E-state index contributed by atoms with van der Waals surface area (Å²) in [6.07, 6.45) is -3.57. The average molecular weight is 422 g/mol. The number of alkyl halides is 3. The van der Waals surface area contributed by atoms with E-state index in [0.717, 1.165) is 37.3 Å². The summed E-state index contributed by atoms with van der Waals surface area (Å²) in [5.74, 6) is 0.234. The molecule has 2 N–H and O–H groups in total. The number of aromatic hydroxyl groups is 1. The molecule has 6 nitrogen and oxygen atoms in total. The number of aliphatic hydroxyl groups excluding tert-OH is 1. The van der Waals surface area contributed by atoms with Gasteiger partial charge in [0.05, 0.1) is 23.4 Å². The maximum absolute atomic E-state index is 13.0. The second kappa shape index (κ2) is 7.70. The number of rotatable bonds is 3. The Bertz CT molecular complexity index is 927. The number of hydrogen-bond donors (Lipinski definition) is 2. The molecule has 1 saturated heterocycles. The van der Waals surface area contributed by atoms with E-state index in [2.05, 4.69) is 26.9 Å². The number of halogens is 3. The van der Waals surface area contributed by atoms with Crippen molar-refractivity contribution in [3.8, 4) is 17.0 Å². The standard InChI is InChI=1S/C21H25F3N4O2/c1-3-27-6-5-17(29)16(11-27)28-7-4-13-9-15(25-26-20(13)28)19-12(2)8-14(10-18(19)30)21(22,23)24/h8-10,16-17,29-30H,3-7,11H2,1-2H3/t16-,17+/m0/s1. The van der Waals surface area contributed by atoms with Gasteiger partial charge in [-0.15, -0.1) is 10.2 Å². The Kier molecular flexibility index (Phi) is 5.36. The van der Waals surface area contributed by atoms with Crippen LogP contribution in [0, 0.1) is 6.92 Å². The van der Waals surface area contributed by atoms with E-state index in [1.54, 1.807) is 6.07 Å². The predicted molar refractivity (Wildman–Crippen MR) is 106 cm³/mol. The van der Waals surface area contributed by atoms with E-state index >= 15 is 0 Å². The van der Waals surface area contributed by atoms with Crippen molar-refractivity contribution in [3.05, 3.63) is 34.9 Å². The number of likely N-dealkylation sites (tertiary alicyclic amines) is 1. The highest BCUT2D eigenvalue weighted by atomic mass is 19.4. The lowest BCUT2D eigenvalue weighted by atomic mass is 9.99. The van der Waals surface area contributed by atoms with Crippen molar-refractivity contribution in [3.63, 3.8) is 0 Å². The molecule has 1 fully saturated rings. The van der Waals surface area contributed by atoms with E-state index in [1.165, 1.54) is 6.92 Å². The molecule has 2 aliphatic rings. The Morgan fingerprint density at radius 3 is 2.60 bits per heavy atom. The summed E-state index contributed by atoms with van der Waals surface area (Å²) in [6.45, 7) is 6.85. The van der Waals surface area contributed by atoms with Crippen molar-refractivity contribution in [2.75, 3.05) is 31.1 Å². The third-order valence-electron chi connectivity index (χ3n) is 6.12. The van der Waals surface area contributed by atoms with Crippen molar-refractivity contribution in [1.82, 2.24) is 15.1 Å². The molecule has 0 unspecified atom stereocenters. The normalized spacial score (nSPS) is 22.4. The largest absolute Gasteiger partial charge is 0.507 e. The van der Waals surface area contributed by atoms with Gasteiger partial charge in [-0.05, 0) is 50.1 Å². The summed E-state index contributed by atoms with van der Waals surface area (Å²) in [5, 5.41) is 29.4. The smallest absolute Gasteiger partial charge is 0.416 e. The predicted octanol–water partition coefficient (Wildman–Crippen LogP) is 2.99. The zero-order chi connectivity index (χ0) is 21.6. The fraction of sp³-hybridized carbons (Fsp3) is 0.524. The monoisotopic (exact) mass is 422 g/mol. The van der Waals surface area contributed by atoms with Crippen LogP contribution >= 0.6 is 0 Å². The van der Waals surface area contributed by atoms with Gasteiger partial charge in [-0.1, -0.05) is 6.92 Å². The quantitative estimate of drug-likeness (QED) is 0.793. The average Bonchev–Trinajstić information content (AvgIpc) is 3.10. The minimum Gasteiger partial charge on any atom is -0.507 e. The molecule has 9 heteroatoms. The molecule has 4 rings (SSSR count). The minimum atomic E-state index is -4.53. The van der Waals surface area contributed by atoms with Crippen LogP contribution in [0.1, 0.15) is 30.0 Å². The maximum atomic E-state index is 13.0. The molecule has 162 valence electrons. The van der Waals surface area contributed by atoms with E-state index in [-0.39, 0.29) is 17.2 Å².